The average Bonchev–Trinajstić information content (AvgIpc) is 2.68. The van der Waals surface area contributed by atoms with Crippen molar-refractivity contribution in [2.75, 3.05) is 17.2 Å². The number of hydrogen-bond acceptors (Lipinski definition) is 4. The molecule has 0 aliphatic carbocycles. The molecule has 1 atom stereocenters. The van der Waals surface area contributed by atoms with Crippen LogP contribution in [0.2, 0.25) is 10.0 Å². The van der Waals surface area contributed by atoms with Gasteiger partial charge in [-0.3, -0.25) is 14.5 Å². The van der Waals surface area contributed by atoms with Gasteiger partial charge in [-0.2, -0.15) is 0 Å². The first-order chi connectivity index (χ1) is 8.97. The van der Waals surface area contributed by atoms with Crippen LogP contribution in [-0.2, 0) is 9.59 Å². The fourth-order valence-corrected chi connectivity index (χ4v) is 3.11. The summed E-state index contributed by atoms with van der Waals surface area (Å²) in [4.78, 5) is 28.6. The minimum absolute atomic E-state index is 0.0223. The number of aromatic nitrogens is 1. The van der Waals surface area contributed by atoms with Crippen LogP contribution >= 0.6 is 35.0 Å². The second-order valence-corrected chi connectivity index (χ2v) is 6.38. The summed E-state index contributed by atoms with van der Waals surface area (Å²) in [5.74, 6) is 1.20. The van der Waals surface area contributed by atoms with Crippen LogP contribution in [0.4, 0.5) is 5.82 Å². The molecule has 1 fully saturated rings. The Bertz CT molecular complexity index is 524. The summed E-state index contributed by atoms with van der Waals surface area (Å²) in [6.07, 6.45) is 1.88. The number of carbonyl (C=O) groups is 2. The lowest BCUT2D eigenvalue weighted by molar-refractivity contribution is -0.117. The van der Waals surface area contributed by atoms with E-state index in [1.807, 2.05) is 0 Å². The topological polar surface area (TPSA) is 50.3 Å². The smallest absolute Gasteiger partial charge is 0.228 e. The van der Waals surface area contributed by atoms with Crippen LogP contribution < -0.4 is 4.90 Å². The monoisotopic (exact) mass is 318 g/mol. The van der Waals surface area contributed by atoms with Crippen LogP contribution in [0.15, 0.2) is 12.3 Å². The molecule has 1 aromatic rings. The zero-order chi connectivity index (χ0) is 14.0. The van der Waals surface area contributed by atoms with Crippen LogP contribution in [0, 0.1) is 5.92 Å². The number of thioether (sulfide) groups is 1. The van der Waals surface area contributed by atoms with Gasteiger partial charge in [-0.1, -0.05) is 35.0 Å². The average molecular weight is 319 g/mol. The molecule has 1 saturated heterocycles. The largest absolute Gasteiger partial charge is 0.295 e. The summed E-state index contributed by atoms with van der Waals surface area (Å²) in [5.41, 5.74) is 0. The second-order valence-electron chi connectivity index (χ2n) is 4.34. The Hall–Kier alpha value is -0.780. The van der Waals surface area contributed by atoms with Crippen molar-refractivity contribution in [1.82, 2.24) is 4.98 Å². The number of amides is 1. The lowest BCUT2D eigenvalue weighted by Gasteiger charge is -2.16. The summed E-state index contributed by atoms with van der Waals surface area (Å²) < 4.78 is 0. The molecule has 0 N–H and O–H groups in total. The number of pyridine rings is 1. The molecule has 0 aromatic carbocycles. The van der Waals surface area contributed by atoms with Gasteiger partial charge in [0, 0.05) is 31.8 Å². The highest BCUT2D eigenvalue weighted by molar-refractivity contribution is 8.13. The Labute approximate surface area is 125 Å². The molecule has 7 heteroatoms. The van der Waals surface area contributed by atoms with Crippen molar-refractivity contribution in [2.24, 2.45) is 5.92 Å². The third-order valence-corrected chi connectivity index (χ3v) is 4.30. The van der Waals surface area contributed by atoms with Crippen LogP contribution in [0.3, 0.4) is 0 Å². The second kappa shape index (κ2) is 6.11. The van der Waals surface area contributed by atoms with Crippen molar-refractivity contribution in [2.45, 2.75) is 13.3 Å². The lowest BCUT2D eigenvalue weighted by Crippen LogP contribution is -2.26. The molecule has 102 valence electrons. The van der Waals surface area contributed by atoms with Crippen molar-refractivity contribution in [1.29, 1.82) is 0 Å². The molecule has 0 spiro atoms. The first-order valence-corrected chi connectivity index (χ1v) is 7.46. The van der Waals surface area contributed by atoms with E-state index in [1.165, 1.54) is 24.9 Å². The molecule has 2 heterocycles. The lowest BCUT2D eigenvalue weighted by atomic mass is 10.1. The molecule has 1 aliphatic rings. The van der Waals surface area contributed by atoms with E-state index in [9.17, 15) is 9.59 Å². The van der Waals surface area contributed by atoms with Gasteiger partial charge in [-0.15, -0.1) is 0 Å². The zero-order valence-electron chi connectivity index (χ0n) is 10.2. The van der Waals surface area contributed by atoms with Crippen molar-refractivity contribution >= 4 is 51.8 Å². The molecule has 0 saturated carbocycles. The summed E-state index contributed by atoms with van der Waals surface area (Å²) in [5, 5.41) is 0.860. The van der Waals surface area contributed by atoms with E-state index in [0.717, 1.165) is 0 Å². The molecule has 1 amide bonds. The summed E-state index contributed by atoms with van der Waals surface area (Å²) in [7, 11) is 0. The summed E-state index contributed by atoms with van der Waals surface area (Å²) in [6.45, 7) is 2.06. The zero-order valence-corrected chi connectivity index (χ0v) is 12.6. The van der Waals surface area contributed by atoms with Gasteiger partial charge in [-0.05, 0) is 12.0 Å². The molecule has 1 aromatic heterocycles. The molecule has 1 aliphatic heterocycles. The van der Waals surface area contributed by atoms with Crippen LogP contribution in [-0.4, -0.2) is 28.3 Å². The fourth-order valence-electron chi connectivity index (χ4n) is 1.94. The molecule has 0 bridgehead atoms. The normalized spacial score (nSPS) is 19.0. The standard InChI is InChI=1S/C12H12Cl2N2O2S/c1-7(17)19-6-8-2-11(18)16(5-8)12-10(14)3-9(13)4-15-12/h3-4,8H,2,5-6H2,1H3. The van der Waals surface area contributed by atoms with Crippen LogP contribution in [0.1, 0.15) is 13.3 Å². The maximum atomic E-state index is 12.0. The Morgan fingerprint density at radius 3 is 2.95 bits per heavy atom. The van der Waals surface area contributed by atoms with Gasteiger partial charge in [0.1, 0.15) is 0 Å². The molecule has 2 rings (SSSR count). The van der Waals surface area contributed by atoms with Crippen LogP contribution in [0.25, 0.3) is 0 Å². The number of hydrogen-bond donors (Lipinski definition) is 0. The predicted octanol–water partition coefficient (Wildman–Crippen LogP) is 3.02. The van der Waals surface area contributed by atoms with Crippen molar-refractivity contribution in [3.05, 3.63) is 22.3 Å². The van der Waals surface area contributed by atoms with Gasteiger partial charge in [-0.25, -0.2) is 4.98 Å². The fraction of sp³-hybridized carbons (Fsp3) is 0.417. The third-order valence-electron chi connectivity index (χ3n) is 2.77. The third kappa shape index (κ3) is 3.61. The van der Waals surface area contributed by atoms with E-state index >= 15 is 0 Å². The van der Waals surface area contributed by atoms with Gasteiger partial charge >= 0.3 is 0 Å². The molecule has 0 radical (unpaired) electrons. The molecular weight excluding hydrogens is 307 g/mol. The quantitative estimate of drug-likeness (QED) is 0.859. The maximum absolute atomic E-state index is 12.0. The van der Waals surface area contributed by atoms with Gasteiger partial charge in [0.15, 0.2) is 10.9 Å². The van der Waals surface area contributed by atoms with E-state index in [-0.39, 0.29) is 16.9 Å². The summed E-state index contributed by atoms with van der Waals surface area (Å²) in [6, 6.07) is 1.57. The minimum atomic E-state index is -0.0223. The van der Waals surface area contributed by atoms with Crippen molar-refractivity contribution < 1.29 is 9.59 Å². The molecular formula is C12H12Cl2N2O2S. The van der Waals surface area contributed by atoms with E-state index in [4.69, 9.17) is 23.2 Å². The number of carbonyl (C=O) groups excluding carboxylic acids is 2. The molecule has 4 nitrogen and oxygen atoms in total. The van der Waals surface area contributed by atoms with E-state index in [2.05, 4.69) is 4.98 Å². The van der Waals surface area contributed by atoms with Crippen molar-refractivity contribution in [3.63, 3.8) is 0 Å². The Kier molecular flexibility index (Phi) is 4.71. The first-order valence-electron chi connectivity index (χ1n) is 5.72. The van der Waals surface area contributed by atoms with Gasteiger partial charge in [0.05, 0.1) is 10.0 Å². The van der Waals surface area contributed by atoms with Crippen LogP contribution in [0.5, 0.6) is 0 Å². The highest BCUT2D eigenvalue weighted by Gasteiger charge is 2.32. The molecule has 19 heavy (non-hydrogen) atoms. The number of halogens is 2. The van der Waals surface area contributed by atoms with Gasteiger partial charge in [0.2, 0.25) is 5.91 Å². The number of nitrogens with zero attached hydrogens (tertiary/aromatic N) is 2. The van der Waals surface area contributed by atoms with E-state index < -0.39 is 0 Å². The highest BCUT2D eigenvalue weighted by atomic mass is 35.5. The maximum Gasteiger partial charge on any atom is 0.228 e. The Morgan fingerprint density at radius 2 is 2.32 bits per heavy atom. The first kappa shape index (κ1) is 14.6. The Morgan fingerprint density at radius 1 is 1.58 bits per heavy atom. The van der Waals surface area contributed by atoms with Gasteiger partial charge in [0.25, 0.3) is 0 Å². The number of rotatable bonds is 3. The highest BCUT2D eigenvalue weighted by Crippen LogP contribution is 2.31. The van der Waals surface area contributed by atoms with Gasteiger partial charge < -0.3 is 0 Å². The minimum Gasteiger partial charge on any atom is -0.295 e. The molecule has 1 unspecified atom stereocenters. The summed E-state index contributed by atoms with van der Waals surface area (Å²) >= 11 is 13.1. The van der Waals surface area contributed by atoms with Crippen molar-refractivity contribution in [3.8, 4) is 0 Å². The Balaban J connectivity index is 2.09. The van der Waals surface area contributed by atoms with E-state index in [0.29, 0.717) is 34.6 Å². The number of anilines is 1. The van der Waals surface area contributed by atoms with E-state index in [1.54, 1.807) is 11.0 Å². The predicted molar refractivity (Wildman–Crippen MR) is 77.9 cm³/mol. The SMILES string of the molecule is CC(=O)SCC1CC(=O)N(c2ncc(Cl)cc2Cl)C1.